The molecule has 1 aromatic carbocycles. The highest BCUT2D eigenvalue weighted by molar-refractivity contribution is 7.15. The lowest BCUT2D eigenvalue weighted by Crippen LogP contribution is -2.13. The molecule has 2 heterocycles. The number of hydrogen-bond acceptors (Lipinski definition) is 5. The molecule has 0 amide bonds. The Kier molecular flexibility index (Phi) is 4.44. The van der Waals surface area contributed by atoms with Gasteiger partial charge in [0.15, 0.2) is 0 Å². The summed E-state index contributed by atoms with van der Waals surface area (Å²) in [5.74, 6) is 0.387. The van der Waals surface area contributed by atoms with E-state index in [0.717, 1.165) is 21.4 Å². The summed E-state index contributed by atoms with van der Waals surface area (Å²) in [6.07, 6.45) is 1.81. The van der Waals surface area contributed by atoms with Gasteiger partial charge >= 0.3 is 0 Å². The Labute approximate surface area is 134 Å². The molecule has 4 nitrogen and oxygen atoms in total. The van der Waals surface area contributed by atoms with E-state index in [2.05, 4.69) is 46.5 Å². The number of benzene rings is 1. The van der Waals surface area contributed by atoms with Gasteiger partial charge in [-0.25, -0.2) is 0 Å². The van der Waals surface area contributed by atoms with Gasteiger partial charge in [0, 0.05) is 12.1 Å². The summed E-state index contributed by atoms with van der Waals surface area (Å²) in [6.45, 7) is 4.25. The molecule has 0 aliphatic rings. The number of anilines is 1. The summed E-state index contributed by atoms with van der Waals surface area (Å²) in [4.78, 5) is 4.49. The van der Waals surface area contributed by atoms with Crippen molar-refractivity contribution >= 4 is 16.5 Å². The van der Waals surface area contributed by atoms with Crippen LogP contribution >= 0.6 is 11.3 Å². The summed E-state index contributed by atoms with van der Waals surface area (Å²) >= 11 is 1.60. The molecule has 1 N–H and O–H groups in total. The molecule has 0 saturated heterocycles. The van der Waals surface area contributed by atoms with Crippen LogP contribution in [-0.4, -0.2) is 15.2 Å². The zero-order chi connectivity index (χ0) is 15.4. The van der Waals surface area contributed by atoms with Crippen LogP contribution in [0.1, 0.15) is 42.1 Å². The Morgan fingerprint density at radius 2 is 1.73 bits per heavy atom. The second-order valence-electron chi connectivity index (χ2n) is 5.34. The summed E-state index contributed by atoms with van der Waals surface area (Å²) < 4.78 is 0. The standard InChI is InChI=1S/C17H18N4S/c1-12(2)16-20-21-17(22-16)19-15(13-8-4-3-5-9-13)14-10-6-7-11-18-14/h3-12,15H,1-2H3,(H,19,21). The Bertz CT molecular complexity index is 670. The van der Waals surface area contributed by atoms with Crippen molar-refractivity contribution in [3.63, 3.8) is 0 Å². The molecule has 22 heavy (non-hydrogen) atoms. The SMILES string of the molecule is CC(C)c1nnc(NC(c2ccccc2)c2ccccn2)s1. The first-order valence-corrected chi connectivity index (χ1v) is 8.11. The quantitative estimate of drug-likeness (QED) is 0.765. The lowest BCUT2D eigenvalue weighted by atomic mass is 10.0. The third-order valence-electron chi connectivity index (χ3n) is 3.32. The van der Waals surface area contributed by atoms with Gasteiger partial charge in [0.2, 0.25) is 5.13 Å². The number of aromatic nitrogens is 3. The number of rotatable bonds is 5. The second kappa shape index (κ2) is 6.66. The molecule has 3 rings (SSSR count). The first kappa shape index (κ1) is 14.7. The van der Waals surface area contributed by atoms with Crippen LogP contribution < -0.4 is 5.32 Å². The van der Waals surface area contributed by atoms with Gasteiger partial charge in [0.1, 0.15) is 5.01 Å². The Hall–Kier alpha value is -2.27. The minimum absolute atomic E-state index is 0.0321. The van der Waals surface area contributed by atoms with Gasteiger partial charge in [-0.1, -0.05) is 61.6 Å². The molecule has 3 aromatic rings. The van der Waals surface area contributed by atoms with E-state index in [1.807, 2.05) is 42.6 Å². The van der Waals surface area contributed by atoms with Crippen LogP contribution in [0.15, 0.2) is 54.7 Å². The Morgan fingerprint density at radius 1 is 0.955 bits per heavy atom. The van der Waals surface area contributed by atoms with Crippen LogP contribution in [-0.2, 0) is 0 Å². The van der Waals surface area contributed by atoms with E-state index in [0.29, 0.717) is 5.92 Å². The van der Waals surface area contributed by atoms with Crippen LogP contribution in [0.5, 0.6) is 0 Å². The normalized spacial score (nSPS) is 12.3. The third kappa shape index (κ3) is 3.31. The van der Waals surface area contributed by atoms with Crippen LogP contribution in [0.3, 0.4) is 0 Å². The van der Waals surface area contributed by atoms with E-state index in [1.54, 1.807) is 11.3 Å². The molecule has 0 saturated carbocycles. The summed E-state index contributed by atoms with van der Waals surface area (Å²) in [5.41, 5.74) is 2.12. The fraction of sp³-hybridized carbons (Fsp3) is 0.235. The van der Waals surface area contributed by atoms with Crippen LogP contribution in [0.4, 0.5) is 5.13 Å². The molecule has 112 valence electrons. The maximum Gasteiger partial charge on any atom is 0.206 e. The molecule has 1 unspecified atom stereocenters. The Balaban J connectivity index is 1.92. The number of hydrogen-bond donors (Lipinski definition) is 1. The topological polar surface area (TPSA) is 50.7 Å². The molecule has 2 aromatic heterocycles. The highest BCUT2D eigenvalue weighted by Crippen LogP contribution is 2.29. The van der Waals surface area contributed by atoms with E-state index in [9.17, 15) is 0 Å². The smallest absolute Gasteiger partial charge is 0.206 e. The molecule has 0 aliphatic heterocycles. The van der Waals surface area contributed by atoms with E-state index >= 15 is 0 Å². The van der Waals surface area contributed by atoms with Crippen molar-refractivity contribution < 1.29 is 0 Å². The van der Waals surface area contributed by atoms with Crippen molar-refractivity contribution in [1.29, 1.82) is 0 Å². The molecule has 0 spiro atoms. The summed E-state index contributed by atoms with van der Waals surface area (Å²) in [6, 6.07) is 16.2. The lowest BCUT2D eigenvalue weighted by Gasteiger charge is -2.17. The van der Waals surface area contributed by atoms with Crippen molar-refractivity contribution in [2.75, 3.05) is 5.32 Å². The van der Waals surface area contributed by atoms with Gasteiger partial charge in [-0.2, -0.15) is 0 Å². The molecule has 0 bridgehead atoms. The van der Waals surface area contributed by atoms with Gasteiger partial charge in [0.25, 0.3) is 0 Å². The summed E-state index contributed by atoms with van der Waals surface area (Å²) in [7, 11) is 0. The highest BCUT2D eigenvalue weighted by Gasteiger charge is 2.17. The van der Waals surface area contributed by atoms with Crippen molar-refractivity contribution in [3.8, 4) is 0 Å². The average molecular weight is 310 g/mol. The van der Waals surface area contributed by atoms with Crippen LogP contribution in [0.2, 0.25) is 0 Å². The Morgan fingerprint density at radius 3 is 2.36 bits per heavy atom. The molecule has 0 fully saturated rings. The first-order valence-electron chi connectivity index (χ1n) is 7.30. The molecule has 0 aliphatic carbocycles. The predicted molar refractivity (Wildman–Crippen MR) is 90.1 cm³/mol. The number of nitrogens with zero attached hydrogens (tertiary/aromatic N) is 3. The van der Waals surface area contributed by atoms with Gasteiger partial charge in [-0.15, -0.1) is 10.2 Å². The molecule has 0 radical (unpaired) electrons. The van der Waals surface area contributed by atoms with Gasteiger partial charge in [-0.3, -0.25) is 4.98 Å². The van der Waals surface area contributed by atoms with E-state index < -0.39 is 0 Å². The fourth-order valence-electron chi connectivity index (χ4n) is 2.17. The van der Waals surface area contributed by atoms with E-state index in [-0.39, 0.29) is 6.04 Å². The molecule has 1 atom stereocenters. The van der Waals surface area contributed by atoms with Crippen LogP contribution in [0, 0.1) is 0 Å². The maximum absolute atomic E-state index is 4.49. The highest BCUT2D eigenvalue weighted by atomic mass is 32.1. The molecule has 5 heteroatoms. The van der Waals surface area contributed by atoms with Crippen molar-refractivity contribution in [3.05, 3.63) is 71.0 Å². The lowest BCUT2D eigenvalue weighted by molar-refractivity contribution is 0.820. The van der Waals surface area contributed by atoms with E-state index in [1.165, 1.54) is 0 Å². The zero-order valence-electron chi connectivity index (χ0n) is 12.6. The van der Waals surface area contributed by atoms with Crippen LogP contribution in [0.25, 0.3) is 0 Å². The second-order valence-corrected chi connectivity index (χ2v) is 6.35. The third-order valence-corrected chi connectivity index (χ3v) is 4.47. The number of nitrogens with one attached hydrogen (secondary N) is 1. The van der Waals surface area contributed by atoms with E-state index in [4.69, 9.17) is 0 Å². The fourth-order valence-corrected chi connectivity index (χ4v) is 2.94. The minimum atomic E-state index is -0.0321. The van der Waals surface area contributed by atoms with Crippen molar-refractivity contribution in [2.24, 2.45) is 0 Å². The van der Waals surface area contributed by atoms with Crippen molar-refractivity contribution in [1.82, 2.24) is 15.2 Å². The first-order chi connectivity index (χ1) is 10.7. The molecular weight excluding hydrogens is 292 g/mol. The maximum atomic E-state index is 4.49. The zero-order valence-corrected chi connectivity index (χ0v) is 13.4. The molecular formula is C17H18N4S. The summed E-state index contributed by atoms with van der Waals surface area (Å²) in [5, 5.41) is 13.8. The monoisotopic (exact) mass is 310 g/mol. The van der Waals surface area contributed by atoms with Gasteiger partial charge < -0.3 is 5.32 Å². The van der Waals surface area contributed by atoms with Gasteiger partial charge in [0.05, 0.1) is 11.7 Å². The predicted octanol–water partition coefficient (Wildman–Crippen LogP) is 4.26. The average Bonchev–Trinajstić information content (AvgIpc) is 3.03. The largest absolute Gasteiger partial charge is 0.348 e. The minimum Gasteiger partial charge on any atom is -0.348 e. The number of pyridine rings is 1. The van der Waals surface area contributed by atoms with Crippen molar-refractivity contribution in [2.45, 2.75) is 25.8 Å². The van der Waals surface area contributed by atoms with Gasteiger partial charge in [-0.05, 0) is 17.7 Å².